The number of ether oxygens (including phenoxy) is 2. The Labute approximate surface area is 64.0 Å². The predicted octanol–water partition coefficient (Wildman–Crippen LogP) is -0.101. The van der Waals surface area contributed by atoms with Gasteiger partial charge >= 0.3 is 0 Å². The Morgan fingerprint density at radius 3 is 2.82 bits per heavy atom. The molecule has 2 aliphatic rings. The molecule has 0 spiro atoms. The van der Waals surface area contributed by atoms with Crippen molar-refractivity contribution in [3.63, 3.8) is 0 Å². The standard InChI is InChI=1S/C7H8NO3/c8-5(9)7(1-2-7)6-10-3-4-11-6/h3,6H,1-2H2,(H2,8,9). The molecule has 1 aliphatic carbocycles. The third kappa shape index (κ3) is 0.785. The monoisotopic (exact) mass is 154 g/mol. The molecule has 4 heteroatoms. The molecule has 1 unspecified atom stereocenters. The van der Waals surface area contributed by atoms with Gasteiger partial charge in [0.15, 0.2) is 0 Å². The van der Waals surface area contributed by atoms with Crippen molar-refractivity contribution in [1.29, 1.82) is 0 Å². The van der Waals surface area contributed by atoms with Gasteiger partial charge in [0, 0.05) is 0 Å². The molecular weight excluding hydrogens is 146 g/mol. The highest BCUT2D eigenvalue weighted by Gasteiger charge is 2.58. The van der Waals surface area contributed by atoms with Crippen molar-refractivity contribution >= 4 is 5.91 Å². The summed E-state index contributed by atoms with van der Waals surface area (Å²) in [6.07, 6.45) is 4.71. The maximum absolute atomic E-state index is 10.9. The summed E-state index contributed by atoms with van der Waals surface area (Å²) in [6, 6.07) is 0. The number of primary amides is 1. The highest BCUT2D eigenvalue weighted by atomic mass is 16.7. The molecule has 1 fully saturated rings. The Hall–Kier alpha value is -1.19. The lowest BCUT2D eigenvalue weighted by atomic mass is 10.1. The van der Waals surface area contributed by atoms with E-state index in [-0.39, 0.29) is 5.91 Å². The number of hydrogen-bond acceptors (Lipinski definition) is 3. The number of carbonyl (C=O) groups is 1. The fraction of sp³-hybridized carbons (Fsp3) is 0.571. The molecule has 1 amide bonds. The Morgan fingerprint density at radius 1 is 1.73 bits per heavy atom. The SMILES string of the molecule is NC(=O)C1(C2O[C]=CO2)CC1. The molecule has 1 radical (unpaired) electrons. The van der Waals surface area contributed by atoms with Crippen LogP contribution in [0.2, 0.25) is 0 Å². The maximum Gasteiger partial charge on any atom is 0.255 e. The Kier molecular flexibility index (Phi) is 1.13. The van der Waals surface area contributed by atoms with Gasteiger partial charge < -0.3 is 15.2 Å². The molecule has 0 aromatic heterocycles. The van der Waals surface area contributed by atoms with Crippen molar-refractivity contribution in [2.45, 2.75) is 19.1 Å². The van der Waals surface area contributed by atoms with Gasteiger partial charge in [-0.25, -0.2) is 0 Å². The topological polar surface area (TPSA) is 61.6 Å². The number of rotatable bonds is 2. The van der Waals surface area contributed by atoms with Crippen LogP contribution in [0.1, 0.15) is 12.8 Å². The molecular formula is C7H8NO3. The van der Waals surface area contributed by atoms with Gasteiger partial charge in [-0.15, -0.1) is 0 Å². The normalized spacial score (nSPS) is 25.8. The van der Waals surface area contributed by atoms with Gasteiger partial charge in [0.05, 0.1) is 0 Å². The van der Waals surface area contributed by atoms with Crippen LogP contribution in [0.15, 0.2) is 6.26 Å². The minimum atomic E-state index is -0.569. The molecule has 0 aromatic rings. The van der Waals surface area contributed by atoms with Gasteiger partial charge in [-0.2, -0.15) is 0 Å². The van der Waals surface area contributed by atoms with Crippen LogP contribution >= 0.6 is 0 Å². The second-order valence-electron chi connectivity index (χ2n) is 2.84. The fourth-order valence-corrected chi connectivity index (χ4v) is 1.18. The van der Waals surface area contributed by atoms with E-state index < -0.39 is 11.7 Å². The molecule has 59 valence electrons. The lowest BCUT2D eigenvalue weighted by Crippen LogP contribution is -2.36. The summed E-state index contributed by atoms with van der Waals surface area (Å²) in [4.78, 5) is 10.9. The molecule has 1 aliphatic heterocycles. The molecule has 1 heterocycles. The summed E-state index contributed by atoms with van der Waals surface area (Å²) in [5.74, 6) is -0.348. The van der Waals surface area contributed by atoms with E-state index in [1.807, 2.05) is 0 Å². The average Bonchev–Trinajstić information content (AvgIpc) is 2.61. The van der Waals surface area contributed by atoms with E-state index in [1.54, 1.807) is 0 Å². The van der Waals surface area contributed by atoms with Gasteiger partial charge in [0.2, 0.25) is 12.2 Å². The maximum atomic E-state index is 10.9. The Morgan fingerprint density at radius 2 is 2.45 bits per heavy atom. The number of amides is 1. The molecule has 0 aromatic carbocycles. The summed E-state index contributed by atoms with van der Waals surface area (Å²) in [5.41, 5.74) is 4.60. The first-order chi connectivity index (χ1) is 5.26. The van der Waals surface area contributed by atoms with E-state index in [4.69, 9.17) is 15.2 Å². The predicted molar refractivity (Wildman–Crippen MR) is 34.6 cm³/mol. The first-order valence-corrected chi connectivity index (χ1v) is 3.44. The smallest absolute Gasteiger partial charge is 0.255 e. The van der Waals surface area contributed by atoms with E-state index in [0.717, 1.165) is 12.8 Å². The van der Waals surface area contributed by atoms with Crippen LogP contribution in [-0.4, -0.2) is 12.2 Å². The molecule has 1 saturated carbocycles. The Balaban J connectivity index is 2.09. The largest absolute Gasteiger partial charge is 0.457 e. The minimum absolute atomic E-state index is 0.348. The van der Waals surface area contributed by atoms with E-state index in [1.165, 1.54) is 6.26 Å². The van der Waals surface area contributed by atoms with Crippen LogP contribution < -0.4 is 5.73 Å². The molecule has 2 rings (SSSR count). The van der Waals surface area contributed by atoms with Crippen LogP contribution in [0, 0.1) is 11.7 Å². The lowest BCUT2D eigenvalue weighted by molar-refractivity contribution is -0.140. The Bertz CT molecular complexity index is 212. The van der Waals surface area contributed by atoms with Crippen molar-refractivity contribution in [1.82, 2.24) is 0 Å². The second kappa shape index (κ2) is 1.90. The van der Waals surface area contributed by atoms with E-state index in [9.17, 15) is 4.79 Å². The van der Waals surface area contributed by atoms with Gasteiger partial charge in [0.1, 0.15) is 11.7 Å². The number of hydrogen-bond donors (Lipinski definition) is 1. The molecule has 11 heavy (non-hydrogen) atoms. The quantitative estimate of drug-likeness (QED) is 0.604. The van der Waals surface area contributed by atoms with E-state index in [0.29, 0.717) is 0 Å². The third-order valence-corrected chi connectivity index (χ3v) is 2.15. The summed E-state index contributed by atoms with van der Waals surface area (Å²) in [7, 11) is 0. The highest BCUT2D eigenvalue weighted by Crippen LogP contribution is 2.50. The van der Waals surface area contributed by atoms with Crippen molar-refractivity contribution in [3.05, 3.63) is 12.5 Å². The van der Waals surface area contributed by atoms with Gasteiger partial charge in [0.25, 0.3) is 6.29 Å². The summed E-state index contributed by atoms with van der Waals surface area (Å²) >= 11 is 0. The van der Waals surface area contributed by atoms with Crippen molar-refractivity contribution in [2.24, 2.45) is 11.1 Å². The van der Waals surface area contributed by atoms with Gasteiger partial charge in [-0.05, 0) is 12.8 Å². The molecule has 2 N–H and O–H groups in total. The molecule has 4 nitrogen and oxygen atoms in total. The van der Waals surface area contributed by atoms with Crippen LogP contribution in [-0.2, 0) is 14.3 Å². The van der Waals surface area contributed by atoms with Crippen LogP contribution in [0.3, 0.4) is 0 Å². The first kappa shape index (κ1) is 6.52. The number of nitrogens with two attached hydrogens (primary N) is 1. The van der Waals surface area contributed by atoms with Gasteiger partial charge in [-0.1, -0.05) is 0 Å². The number of carbonyl (C=O) groups excluding carboxylic acids is 1. The fourth-order valence-electron chi connectivity index (χ4n) is 1.18. The van der Waals surface area contributed by atoms with Gasteiger partial charge in [-0.3, -0.25) is 4.79 Å². The van der Waals surface area contributed by atoms with Crippen LogP contribution in [0.25, 0.3) is 0 Å². The molecule has 0 bridgehead atoms. The summed E-state index contributed by atoms with van der Waals surface area (Å²) in [6.45, 7) is 0. The van der Waals surface area contributed by atoms with Crippen molar-refractivity contribution < 1.29 is 14.3 Å². The molecule has 0 saturated heterocycles. The lowest BCUT2D eigenvalue weighted by Gasteiger charge is -2.17. The average molecular weight is 154 g/mol. The van der Waals surface area contributed by atoms with E-state index >= 15 is 0 Å². The zero-order valence-electron chi connectivity index (χ0n) is 5.87. The van der Waals surface area contributed by atoms with Crippen LogP contribution in [0.5, 0.6) is 0 Å². The zero-order chi connectivity index (χ0) is 7.90. The zero-order valence-corrected chi connectivity index (χ0v) is 5.87. The molecule has 1 atom stereocenters. The highest BCUT2D eigenvalue weighted by molar-refractivity contribution is 5.84. The summed E-state index contributed by atoms with van der Waals surface area (Å²) < 4.78 is 9.90. The van der Waals surface area contributed by atoms with Crippen molar-refractivity contribution in [2.75, 3.05) is 0 Å². The van der Waals surface area contributed by atoms with E-state index in [2.05, 4.69) is 6.26 Å². The minimum Gasteiger partial charge on any atom is -0.457 e. The third-order valence-electron chi connectivity index (χ3n) is 2.15. The van der Waals surface area contributed by atoms with Crippen molar-refractivity contribution in [3.8, 4) is 0 Å². The van der Waals surface area contributed by atoms with Crippen LogP contribution in [0.4, 0.5) is 0 Å². The second-order valence-corrected chi connectivity index (χ2v) is 2.84. The first-order valence-electron chi connectivity index (χ1n) is 3.44. The summed E-state index contributed by atoms with van der Waals surface area (Å²) in [5, 5.41) is 0.